The summed E-state index contributed by atoms with van der Waals surface area (Å²) in [7, 11) is 0. The Morgan fingerprint density at radius 2 is 2.33 bits per heavy atom. The van der Waals surface area contributed by atoms with Crippen molar-refractivity contribution in [2.24, 2.45) is 4.99 Å². The average Bonchev–Trinajstić information content (AvgIpc) is 2.52. The van der Waals surface area contributed by atoms with Crippen molar-refractivity contribution >= 4 is 22.8 Å². The van der Waals surface area contributed by atoms with Crippen LogP contribution in [0.4, 0.5) is 13.2 Å². The summed E-state index contributed by atoms with van der Waals surface area (Å²) < 4.78 is 41.1. The van der Waals surface area contributed by atoms with Crippen LogP contribution in [0.3, 0.4) is 0 Å². The van der Waals surface area contributed by atoms with Gasteiger partial charge < -0.3 is 4.74 Å². The number of rotatable bonds is 3. The van der Waals surface area contributed by atoms with E-state index in [1.165, 1.54) is 0 Å². The van der Waals surface area contributed by atoms with E-state index in [1.54, 1.807) is 6.92 Å². The molecule has 7 heteroatoms. The zero-order valence-electron chi connectivity index (χ0n) is 8.00. The Hall–Kier alpha value is -0.720. The largest absolute Gasteiger partial charge is 0.466 e. The van der Waals surface area contributed by atoms with Crippen molar-refractivity contribution in [1.82, 2.24) is 0 Å². The smallest absolute Gasteiger partial charge is 0.439 e. The molecule has 0 bridgehead atoms. The van der Waals surface area contributed by atoms with E-state index in [0.29, 0.717) is 11.8 Å². The van der Waals surface area contributed by atoms with Gasteiger partial charge in [-0.1, -0.05) is 11.8 Å². The molecule has 0 N–H and O–H groups in total. The van der Waals surface area contributed by atoms with Crippen LogP contribution >= 0.6 is 11.8 Å². The summed E-state index contributed by atoms with van der Waals surface area (Å²) in [6, 6.07) is 0. The zero-order valence-corrected chi connectivity index (χ0v) is 8.82. The minimum atomic E-state index is -4.39. The van der Waals surface area contributed by atoms with E-state index in [0.717, 1.165) is 0 Å². The molecule has 3 nitrogen and oxygen atoms in total. The molecule has 1 heterocycles. The lowest BCUT2D eigenvalue weighted by Gasteiger charge is -2.08. The topological polar surface area (TPSA) is 38.7 Å². The highest BCUT2D eigenvalue weighted by atomic mass is 32.2. The Morgan fingerprint density at radius 1 is 1.67 bits per heavy atom. The molecule has 0 saturated heterocycles. The molecular weight excluding hydrogens is 231 g/mol. The van der Waals surface area contributed by atoms with E-state index in [4.69, 9.17) is 0 Å². The molecule has 0 saturated carbocycles. The molecule has 0 radical (unpaired) electrons. The quantitative estimate of drug-likeness (QED) is 0.709. The van der Waals surface area contributed by atoms with Crippen LogP contribution in [-0.2, 0) is 9.53 Å². The van der Waals surface area contributed by atoms with Gasteiger partial charge in [0.25, 0.3) is 0 Å². The number of esters is 1. The molecule has 1 aliphatic rings. The summed E-state index contributed by atoms with van der Waals surface area (Å²) >= 11 is 0.596. The second kappa shape index (κ2) is 4.87. The van der Waals surface area contributed by atoms with Crippen molar-refractivity contribution in [3.63, 3.8) is 0 Å². The van der Waals surface area contributed by atoms with E-state index in [1.807, 2.05) is 0 Å². The normalized spacial score (nSPS) is 21.3. The molecule has 0 spiro atoms. The van der Waals surface area contributed by atoms with Gasteiger partial charge in [-0.15, -0.1) is 0 Å². The van der Waals surface area contributed by atoms with Gasteiger partial charge in [0.1, 0.15) is 0 Å². The van der Waals surface area contributed by atoms with Crippen molar-refractivity contribution < 1.29 is 22.7 Å². The number of carbonyl (C=O) groups excluding carboxylic acids is 1. The van der Waals surface area contributed by atoms with Crippen LogP contribution in [0.15, 0.2) is 4.99 Å². The van der Waals surface area contributed by atoms with E-state index in [9.17, 15) is 18.0 Å². The minimum Gasteiger partial charge on any atom is -0.466 e. The first-order chi connectivity index (χ1) is 6.93. The van der Waals surface area contributed by atoms with Gasteiger partial charge in [0, 0.05) is 5.25 Å². The number of hydrogen-bond acceptors (Lipinski definition) is 4. The van der Waals surface area contributed by atoms with Gasteiger partial charge in [-0.05, 0) is 6.92 Å². The fourth-order valence-corrected chi connectivity index (χ4v) is 2.05. The van der Waals surface area contributed by atoms with Gasteiger partial charge in [-0.3, -0.25) is 9.79 Å². The van der Waals surface area contributed by atoms with Crippen molar-refractivity contribution in [1.29, 1.82) is 0 Å². The molecule has 1 aliphatic heterocycles. The molecule has 1 unspecified atom stereocenters. The fraction of sp³-hybridized carbons (Fsp3) is 0.750. The van der Waals surface area contributed by atoms with Crippen LogP contribution in [0.25, 0.3) is 0 Å². The first-order valence-electron chi connectivity index (χ1n) is 4.37. The summed E-state index contributed by atoms with van der Waals surface area (Å²) in [5, 5.41) is -1.29. The maximum absolute atomic E-state index is 12.2. The lowest BCUT2D eigenvalue weighted by atomic mass is 10.3. The predicted molar refractivity (Wildman–Crippen MR) is 51.0 cm³/mol. The second-order valence-electron chi connectivity index (χ2n) is 2.89. The summed E-state index contributed by atoms with van der Waals surface area (Å²) in [5.41, 5.74) is 0. The summed E-state index contributed by atoms with van der Waals surface area (Å²) in [5.74, 6) is -0.478. The second-order valence-corrected chi connectivity index (χ2v) is 4.18. The van der Waals surface area contributed by atoms with E-state index < -0.39 is 22.4 Å². The number of aliphatic imine (C=N–C) groups is 1. The Morgan fingerprint density at radius 3 is 2.80 bits per heavy atom. The number of halogens is 3. The molecule has 0 fully saturated rings. The third-order valence-electron chi connectivity index (χ3n) is 1.66. The van der Waals surface area contributed by atoms with Crippen LogP contribution in [0, 0.1) is 0 Å². The number of alkyl halides is 3. The molecule has 0 aromatic rings. The van der Waals surface area contributed by atoms with Crippen LogP contribution < -0.4 is 0 Å². The van der Waals surface area contributed by atoms with Crippen LogP contribution in [0.1, 0.15) is 13.3 Å². The Labute approximate surface area is 89.1 Å². The number of hydrogen-bond donors (Lipinski definition) is 0. The third kappa shape index (κ3) is 3.73. The molecular formula is C8H10F3NO2S. The fourth-order valence-electron chi connectivity index (χ4n) is 1.09. The van der Waals surface area contributed by atoms with Gasteiger partial charge in [0.2, 0.25) is 0 Å². The number of nitrogens with zero attached hydrogens (tertiary/aromatic N) is 1. The van der Waals surface area contributed by atoms with E-state index in [2.05, 4.69) is 9.73 Å². The highest BCUT2D eigenvalue weighted by molar-refractivity contribution is 8.15. The third-order valence-corrected chi connectivity index (χ3v) is 2.89. The Kier molecular flexibility index (Phi) is 4.01. The van der Waals surface area contributed by atoms with Crippen molar-refractivity contribution in [2.45, 2.75) is 24.8 Å². The lowest BCUT2D eigenvalue weighted by Crippen LogP contribution is -2.19. The summed E-state index contributed by atoms with van der Waals surface area (Å²) in [4.78, 5) is 14.3. The lowest BCUT2D eigenvalue weighted by molar-refractivity contribution is -0.143. The highest BCUT2D eigenvalue weighted by Crippen LogP contribution is 2.33. The molecule has 1 rings (SSSR count). The van der Waals surface area contributed by atoms with Crippen molar-refractivity contribution in [3.05, 3.63) is 0 Å². The molecule has 86 valence electrons. The Balaban J connectivity index is 2.38. The molecule has 15 heavy (non-hydrogen) atoms. The van der Waals surface area contributed by atoms with Gasteiger partial charge in [0.05, 0.1) is 19.6 Å². The van der Waals surface area contributed by atoms with Gasteiger partial charge in [-0.2, -0.15) is 13.2 Å². The monoisotopic (exact) mass is 241 g/mol. The first kappa shape index (κ1) is 12.4. The molecule has 1 atom stereocenters. The summed E-state index contributed by atoms with van der Waals surface area (Å²) in [6.45, 7) is 1.92. The number of carbonyl (C=O) groups is 1. The van der Waals surface area contributed by atoms with Gasteiger partial charge in [0.15, 0.2) is 5.04 Å². The Bertz CT molecular complexity index is 278. The van der Waals surface area contributed by atoms with Crippen molar-refractivity contribution in [3.8, 4) is 0 Å². The van der Waals surface area contributed by atoms with Crippen molar-refractivity contribution in [2.75, 3.05) is 13.2 Å². The highest BCUT2D eigenvalue weighted by Gasteiger charge is 2.41. The molecule has 0 aliphatic carbocycles. The SMILES string of the molecule is CCOC(=O)CC1CN=C(C(F)(F)F)S1. The zero-order chi connectivity index (χ0) is 11.5. The maximum Gasteiger partial charge on any atom is 0.439 e. The first-order valence-corrected chi connectivity index (χ1v) is 5.25. The standard InChI is InChI=1S/C8H10F3NO2S/c1-2-14-6(13)3-5-4-12-7(15-5)8(9,10)11/h5H,2-4H2,1H3. The number of ether oxygens (including phenoxy) is 1. The number of thioether (sulfide) groups is 1. The van der Waals surface area contributed by atoms with Crippen LogP contribution in [-0.4, -0.2) is 35.6 Å². The van der Waals surface area contributed by atoms with E-state index in [-0.39, 0.29) is 19.6 Å². The molecule has 0 amide bonds. The van der Waals surface area contributed by atoms with E-state index >= 15 is 0 Å². The van der Waals surface area contributed by atoms with Gasteiger partial charge in [-0.25, -0.2) is 0 Å². The van der Waals surface area contributed by atoms with Crippen LogP contribution in [0.2, 0.25) is 0 Å². The predicted octanol–water partition coefficient (Wildman–Crippen LogP) is 2.02. The maximum atomic E-state index is 12.2. The minimum absolute atomic E-state index is 0.0261. The summed E-state index contributed by atoms with van der Waals surface area (Å²) in [6.07, 6.45) is -4.42. The van der Waals surface area contributed by atoms with Crippen LogP contribution in [0.5, 0.6) is 0 Å². The van der Waals surface area contributed by atoms with Gasteiger partial charge >= 0.3 is 12.1 Å². The molecule has 0 aromatic carbocycles. The average molecular weight is 241 g/mol. The molecule has 0 aromatic heterocycles.